The van der Waals surface area contributed by atoms with E-state index < -0.39 is 0 Å². The summed E-state index contributed by atoms with van der Waals surface area (Å²) < 4.78 is 14.0. The minimum atomic E-state index is -0.357. The van der Waals surface area contributed by atoms with Crippen molar-refractivity contribution in [3.8, 4) is 11.3 Å². The van der Waals surface area contributed by atoms with Crippen molar-refractivity contribution in [3.05, 3.63) is 58.8 Å². The number of nitrogens with zero attached hydrogens (tertiary/aromatic N) is 5. The number of carbonyl (C=O) groups is 1. The lowest BCUT2D eigenvalue weighted by Crippen LogP contribution is -2.66. The quantitative estimate of drug-likeness (QED) is 0.704. The number of fused-ring (bicyclic) bond motifs is 1. The molecule has 31 heavy (non-hydrogen) atoms. The van der Waals surface area contributed by atoms with E-state index in [1.165, 1.54) is 0 Å². The maximum Gasteiger partial charge on any atom is 0.254 e. The summed E-state index contributed by atoms with van der Waals surface area (Å²) in [4.78, 5) is 26.3. The van der Waals surface area contributed by atoms with E-state index in [0.29, 0.717) is 35.4 Å². The van der Waals surface area contributed by atoms with Crippen LogP contribution in [-0.4, -0.2) is 56.6 Å². The highest BCUT2D eigenvalue weighted by Crippen LogP contribution is 2.36. The molecule has 1 N–H and O–H groups in total. The number of benzene rings is 1. The fourth-order valence-electron chi connectivity index (χ4n) is 4.79. The van der Waals surface area contributed by atoms with Gasteiger partial charge in [-0.1, -0.05) is 12.1 Å². The van der Waals surface area contributed by atoms with Gasteiger partial charge >= 0.3 is 0 Å². The number of aryl methyl sites for hydroxylation is 3. The molecule has 4 heterocycles. The third-order valence-electron chi connectivity index (χ3n) is 6.54. The van der Waals surface area contributed by atoms with Crippen LogP contribution >= 0.6 is 0 Å². The molecule has 3 aromatic rings. The van der Waals surface area contributed by atoms with Gasteiger partial charge in [-0.05, 0) is 44.9 Å². The van der Waals surface area contributed by atoms with Gasteiger partial charge < -0.3 is 9.80 Å². The number of likely N-dealkylation sites (tertiary alicyclic amines) is 1. The molecule has 0 saturated carbocycles. The molecule has 2 saturated heterocycles. The molecular formula is C23H25FN6O. The lowest BCUT2D eigenvalue weighted by molar-refractivity contribution is 0.00773. The van der Waals surface area contributed by atoms with Crippen molar-refractivity contribution < 1.29 is 9.18 Å². The summed E-state index contributed by atoms with van der Waals surface area (Å²) >= 11 is 0. The van der Waals surface area contributed by atoms with Gasteiger partial charge in [0, 0.05) is 42.9 Å². The van der Waals surface area contributed by atoms with Crippen LogP contribution < -0.4 is 4.90 Å². The zero-order valence-corrected chi connectivity index (χ0v) is 17.9. The molecule has 0 radical (unpaired) electrons. The SMILES string of the molecule is Cc1cccc(C(=O)N2C[C@H]3CCN(c4nc(C)c(F)c(C)n4)C[C@H]32)c1-c1ccn[nH]1. The van der Waals surface area contributed by atoms with Crippen LogP contribution in [0.25, 0.3) is 11.3 Å². The fraction of sp³-hybridized carbons (Fsp3) is 0.391. The van der Waals surface area contributed by atoms with Gasteiger partial charge in [-0.15, -0.1) is 0 Å². The van der Waals surface area contributed by atoms with Crippen LogP contribution in [0, 0.1) is 32.5 Å². The molecule has 2 fully saturated rings. The van der Waals surface area contributed by atoms with E-state index in [4.69, 9.17) is 0 Å². The molecule has 0 aliphatic carbocycles. The van der Waals surface area contributed by atoms with E-state index in [1.54, 1.807) is 20.0 Å². The Kier molecular flexibility index (Phi) is 4.72. The monoisotopic (exact) mass is 420 g/mol. The number of amides is 1. The molecule has 7 nitrogen and oxygen atoms in total. The normalized spacial score (nSPS) is 20.4. The summed E-state index contributed by atoms with van der Waals surface area (Å²) in [6, 6.07) is 7.80. The Morgan fingerprint density at radius 2 is 1.90 bits per heavy atom. The van der Waals surface area contributed by atoms with Crippen LogP contribution in [-0.2, 0) is 0 Å². The second kappa shape index (κ2) is 7.44. The van der Waals surface area contributed by atoms with Crippen molar-refractivity contribution in [2.45, 2.75) is 33.2 Å². The number of anilines is 1. The molecular weight excluding hydrogens is 395 g/mol. The highest BCUT2D eigenvalue weighted by Gasteiger charge is 2.46. The van der Waals surface area contributed by atoms with E-state index in [9.17, 15) is 9.18 Å². The number of carbonyl (C=O) groups excluding carboxylic acids is 1. The molecule has 0 spiro atoms. The molecule has 1 amide bonds. The Labute approximate surface area is 180 Å². The van der Waals surface area contributed by atoms with Crippen molar-refractivity contribution in [1.29, 1.82) is 0 Å². The maximum absolute atomic E-state index is 14.0. The Balaban J connectivity index is 1.40. The first-order valence-corrected chi connectivity index (χ1v) is 10.6. The van der Waals surface area contributed by atoms with Gasteiger partial charge in [0.15, 0.2) is 5.82 Å². The fourth-order valence-corrected chi connectivity index (χ4v) is 4.79. The maximum atomic E-state index is 14.0. The summed E-state index contributed by atoms with van der Waals surface area (Å²) in [6.45, 7) is 7.56. The van der Waals surface area contributed by atoms with Crippen LogP contribution in [0.2, 0.25) is 0 Å². The van der Waals surface area contributed by atoms with Gasteiger partial charge in [-0.25, -0.2) is 14.4 Å². The summed E-state index contributed by atoms with van der Waals surface area (Å²) in [5.41, 5.74) is 4.17. The van der Waals surface area contributed by atoms with E-state index >= 15 is 0 Å². The summed E-state index contributed by atoms with van der Waals surface area (Å²) in [5.74, 6) is 0.694. The Morgan fingerprint density at radius 1 is 1.13 bits per heavy atom. The van der Waals surface area contributed by atoms with Crippen LogP contribution in [0.3, 0.4) is 0 Å². The van der Waals surface area contributed by atoms with E-state index in [1.807, 2.05) is 36.1 Å². The minimum absolute atomic E-state index is 0.0313. The van der Waals surface area contributed by atoms with Crippen LogP contribution in [0.15, 0.2) is 30.5 Å². The summed E-state index contributed by atoms with van der Waals surface area (Å²) in [5, 5.41) is 7.04. The number of aromatic amines is 1. The second-order valence-electron chi connectivity index (χ2n) is 8.50. The lowest BCUT2D eigenvalue weighted by atomic mass is 9.81. The third-order valence-corrected chi connectivity index (χ3v) is 6.54. The van der Waals surface area contributed by atoms with Crippen LogP contribution in [0.5, 0.6) is 0 Å². The molecule has 2 atom stereocenters. The Bertz CT molecular complexity index is 1120. The molecule has 2 aromatic heterocycles. The number of aromatic nitrogens is 4. The predicted octanol–water partition coefficient (Wildman–Crippen LogP) is 3.28. The number of nitrogens with one attached hydrogen (secondary N) is 1. The molecule has 2 aliphatic heterocycles. The highest BCUT2D eigenvalue weighted by atomic mass is 19.1. The third kappa shape index (κ3) is 3.26. The molecule has 5 rings (SSSR count). The van der Waals surface area contributed by atoms with Gasteiger partial charge in [-0.3, -0.25) is 9.89 Å². The number of halogens is 1. The standard InChI is InChI=1S/C23H25FN6O/c1-13-5-4-6-17(20(13)18-7-9-25-28-18)22(31)30-11-16-8-10-29(12-19(16)30)23-26-14(2)21(24)15(3)27-23/h4-7,9,16,19H,8,10-12H2,1-3H3,(H,25,28)/t16-,19-/m1/s1. The highest BCUT2D eigenvalue weighted by molar-refractivity contribution is 6.01. The van der Waals surface area contributed by atoms with Gasteiger partial charge in [0.2, 0.25) is 5.95 Å². The number of rotatable bonds is 3. The Hall–Kier alpha value is -3.29. The van der Waals surface area contributed by atoms with Crippen molar-refractivity contribution >= 4 is 11.9 Å². The van der Waals surface area contributed by atoms with E-state index in [0.717, 1.165) is 36.3 Å². The smallest absolute Gasteiger partial charge is 0.254 e. The topological polar surface area (TPSA) is 78.0 Å². The van der Waals surface area contributed by atoms with Gasteiger partial charge in [0.1, 0.15) is 0 Å². The first-order valence-electron chi connectivity index (χ1n) is 10.6. The first kappa shape index (κ1) is 19.7. The minimum Gasteiger partial charge on any atom is -0.339 e. The average Bonchev–Trinajstić information content (AvgIpc) is 3.26. The zero-order chi connectivity index (χ0) is 21.7. The molecule has 160 valence electrons. The van der Waals surface area contributed by atoms with Crippen molar-refractivity contribution in [2.24, 2.45) is 5.92 Å². The first-order chi connectivity index (χ1) is 14.9. The summed E-state index contributed by atoms with van der Waals surface area (Å²) in [7, 11) is 0. The van der Waals surface area contributed by atoms with Gasteiger partial charge in [-0.2, -0.15) is 5.10 Å². The lowest BCUT2D eigenvalue weighted by Gasteiger charge is -2.53. The van der Waals surface area contributed by atoms with Crippen LogP contribution in [0.4, 0.5) is 10.3 Å². The number of hydrogen-bond donors (Lipinski definition) is 1. The number of H-pyrrole nitrogens is 1. The van der Waals surface area contributed by atoms with Crippen LogP contribution in [0.1, 0.15) is 33.7 Å². The molecule has 0 unspecified atom stereocenters. The van der Waals surface area contributed by atoms with Gasteiger partial charge in [0.25, 0.3) is 5.91 Å². The van der Waals surface area contributed by atoms with E-state index in [2.05, 4.69) is 25.1 Å². The molecule has 2 aliphatic rings. The molecule has 1 aromatic carbocycles. The Morgan fingerprint density at radius 3 is 2.61 bits per heavy atom. The molecule has 8 heteroatoms. The number of piperidine rings is 1. The summed E-state index contributed by atoms with van der Waals surface area (Å²) in [6.07, 6.45) is 2.66. The predicted molar refractivity (Wildman–Crippen MR) is 115 cm³/mol. The largest absolute Gasteiger partial charge is 0.339 e. The van der Waals surface area contributed by atoms with Gasteiger partial charge in [0.05, 0.1) is 23.1 Å². The number of hydrogen-bond acceptors (Lipinski definition) is 5. The van der Waals surface area contributed by atoms with Crippen molar-refractivity contribution in [3.63, 3.8) is 0 Å². The zero-order valence-electron chi connectivity index (χ0n) is 17.9. The second-order valence-corrected chi connectivity index (χ2v) is 8.50. The molecule has 0 bridgehead atoms. The van der Waals surface area contributed by atoms with Crippen molar-refractivity contribution in [1.82, 2.24) is 25.1 Å². The van der Waals surface area contributed by atoms with Crippen molar-refractivity contribution in [2.75, 3.05) is 24.5 Å². The van der Waals surface area contributed by atoms with E-state index in [-0.39, 0.29) is 17.8 Å². The average molecular weight is 420 g/mol.